The van der Waals surface area contributed by atoms with Crippen LogP contribution in [-0.2, 0) is 9.53 Å². The maximum Gasteiger partial charge on any atom is 0.341 e. The number of thiophene rings is 1. The first kappa shape index (κ1) is 34.1. The van der Waals surface area contributed by atoms with Crippen molar-refractivity contribution in [3.05, 3.63) is 69.6 Å². The van der Waals surface area contributed by atoms with Crippen molar-refractivity contribution < 1.29 is 33.3 Å². The van der Waals surface area contributed by atoms with Crippen LogP contribution in [0, 0.1) is 13.8 Å². The zero-order chi connectivity index (χ0) is 32.1. The average molecular weight is 624 g/mol. The molecule has 0 radical (unpaired) electrons. The summed E-state index contributed by atoms with van der Waals surface area (Å²) in [6.07, 6.45) is 3.87. The normalized spacial score (nSPS) is 11.6. The maximum absolute atomic E-state index is 12.9. The Kier molecular flexibility index (Phi) is 13.2. The molecule has 0 fully saturated rings. The number of esters is 1. The molecule has 2 amide bonds. The lowest BCUT2D eigenvalue weighted by atomic mass is 10.1. The number of aryl methyl sites for hydroxylation is 1. The topological polar surface area (TPSA) is 125 Å². The van der Waals surface area contributed by atoms with Gasteiger partial charge in [0.1, 0.15) is 10.8 Å². The molecule has 44 heavy (non-hydrogen) atoms. The van der Waals surface area contributed by atoms with E-state index >= 15 is 0 Å². The SMILES string of the molecule is CCCCCOc1ccc(/C=N\NC(=O)[C@H](C)Oc2ccc(C(=O)Nc3sc(C)c(C)c3C(=O)OCC)cc2)cc1OCC. The van der Waals surface area contributed by atoms with Gasteiger partial charge in [0.25, 0.3) is 11.8 Å². The highest BCUT2D eigenvalue weighted by atomic mass is 32.1. The van der Waals surface area contributed by atoms with Crippen molar-refractivity contribution in [2.45, 2.75) is 66.9 Å². The first-order valence-electron chi connectivity index (χ1n) is 14.8. The number of unbranched alkanes of at least 4 members (excludes halogenated alkanes) is 2. The standard InChI is InChI=1S/C33H41N3O7S/c1-7-10-11-18-42-27-17-12-24(19-28(27)40-8-2)20-34-36-30(37)22(5)43-26-15-13-25(14-16-26)31(38)35-32-29(33(39)41-9-3)21(4)23(6)44-32/h12-17,19-20,22H,7-11,18H2,1-6H3,(H,35,38)(H,36,37)/b34-20-/t22-/m0/s1. The van der Waals surface area contributed by atoms with E-state index in [1.165, 1.54) is 17.6 Å². The van der Waals surface area contributed by atoms with E-state index in [0.717, 1.165) is 35.3 Å². The number of nitrogens with one attached hydrogen (secondary N) is 2. The van der Waals surface area contributed by atoms with Crippen molar-refractivity contribution in [1.29, 1.82) is 0 Å². The summed E-state index contributed by atoms with van der Waals surface area (Å²) in [5, 5.41) is 7.31. The van der Waals surface area contributed by atoms with Crippen LogP contribution in [0.4, 0.5) is 5.00 Å². The van der Waals surface area contributed by atoms with Gasteiger partial charge in [-0.3, -0.25) is 9.59 Å². The Labute approximate surface area is 262 Å². The molecule has 3 rings (SSSR count). The second kappa shape index (κ2) is 17.0. The van der Waals surface area contributed by atoms with Crippen molar-refractivity contribution in [2.24, 2.45) is 5.10 Å². The van der Waals surface area contributed by atoms with Crippen LogP contribution in [-0.4, -0.2) is 49.9 Å². The highest BCUT2D eigenvalue weighted by Gasteiger charge is 2.22. The molecule has 2 aromatic carbocycles. The van der Waals surface area contributed by atoms with Crippen molar-refractivity contribution in [2.75, 3.05) is 25.1 Å². The number of benzene rings is 2. The highest BCUT2D eigenvalue weighted by Crippen LogP contribution is 2.33. The van der Waals surface area contributed by atoms with Gasteiger partial charge < -0.3 is 24.3 Å². The minimum absolute atomic E-state index is 0.239. The fourth-order valence-corrected chi connectivity index (χ4v) is 5.11. The summed E-state index contributed by atoms with van der Waals surface area (Å²) in [4.78, 5) is 38.8. The third-order valence-corrected chi connectivity index (χ3v) is 7.67. The van der Waals surface area contributed by atoms with Gasteiger partial charge in [-0.25, -0.2) is 10.2 Å². The zero-order valence-corrected chi connectivity index (χ0v) is 27.0. The van der Waals surface area contributed by atoms with E-state index in [9.17, 15) is 14.4 Å². The number of hydrazone groups is 1. The zero-order valence-electron chi connectivity index (χ0n) is 26.2. The summed E-state index contributed by atoms with van der Waals surface area (Å²) >= 11 is 1.32. The Hall–Kier alpha value is -4.38. The van der Waals surface area contributed by atoms with Gasteiger partial charge in [0.05, 0.1) is 31.6 Å². The molecule has 0 saturated heterocycles. The van der Waals surface area contributed by atoms with E-state index in [-0.39, 0.29) is 12.5 Å². The number of carbonyl (C=O) groups excluding carboxylic acids is 3. The molecular formula is C33H41N3O7S. The first-order chi connectivity index (χ1) is 21.2. The van der Waals surface area contributed by atoms with Gasteiger partial charge in [-0.15, -0.1) is 11.3 Å². The Morgan fingerprint density at radius 2 is 1.70 bits per heavy atom. The van der Waals surface area contributed by atoms with E-state index in [0.29, 0.717) is 46.6 Å². The van der Waals surface area contributed by atoms with Crippen molar-refractivity contribution in [1.82, 2.24) is 5.43 Å². The van der Waals surface area contributed by atoms with Gasteiger partial charge in [-0.05, 0) is 94.6 Å². The second-order valence-electron chi connectivity index (χ2n) is 9.88. The Morgan fingerprint density at radius 1 is 0.955 bits per heavy atom. The molecule has 10 nitrogen and oxygen atoms in total. The third kappa shape index (κ3) is 9.57. The molecule has 1 atom stereocenters. The molecule has 1 heterocycles. The average Bonchev–Trinajstić information content (AvgIpc) is 3.28. The van der Waals surface area contributed by atoms with E-state index < -0.39 is 18.0 Å². The predicted octanol–water partition coefficient (Wildman–Crippen LogP) is 6.68. The van der Waals surface area contributed by atoms with Gasteiger partial charge in [-0.2, -0.15) is 5.10 Å². The molecule has 0 aliphatic carbocycles. The molecule has 0 saturated carbocycles. The number of rotatable bonds is 16. The molecule has 236 valence electrons. The first-order valence-corrected chi connectivity index (χ1v) is 15.6. The van der Waals surface area contributed by atoms with Gasteiger partial charge in [0.15, 0.2) is 17.6 Å². The van der Waals surface area contributed by atoms with E-state index in [4.69, 9.17) is 18.9 Å². The molecule has 2 N–H and O–H groups in total. The van der Waals surface area contributed by atoms with Crippen LogP contribution in [0.2, 0.25) is 0 Å². The van der Waals surface area contributed by atoms with Crippen LogP contribution in [0.3, 0.4) is 0 Å². The highest BCUT2D eigenvalue weighted by molar-refractivity contribution is 7.16. The fraction of sp³-hybridized carbons (Fsp3) is 0.394. The number of ether oxygens (including phenoxy) is 4. The molecule has 3 aromatic rings. The smallest absolute Gasteiger partial charge is 0.341 e. The number of amides is 2. The number of hydrogen-bond acceptors (Lipinski definition) is 9. The Bertz CT molecular complexity index is 1450. The van der Waals surface area contributed by atoms with Crippen LogP contribution in [0.1, 0.15) is 83.7 Å². The quantitative estimate of drug-likeness (QED) is 0.0789. The van der Waals surface area contributed by atoms with Crippen molar-refractivity contribution in [3.63, 3.8) is 0 Å². The van der Waals surface area contributed by atoms with E-state index in [2.05, 4.69) is 22.8 Å². The van der Waals surface area contributed by atoms with Crippen LogP contribution in [0.25, 0.3) is 0 Å². The van der Waals surface area contributed by atoms with Crippen LogP contribution >= 0.6 is 11.3 Å². The Morgan fingerprint density at radius 3 is 2.39 bits per heavy atom. The van der Waals surface area contributed by atoms with Gasteiger partial charge in [-0.1, -0.05) is 19.8 Å². The molecule has 0 bridgehead atoms. The summed E-state index contributed by atoms with van der Waals surface area (Å²) in [6.45, 7) is 12.4. The molecule has 0 aliphatic rings. The van der Waals surface area contributed by atoms with Gasteiger partial charge in [0, 0.05) is 10.4 Å². The number of nitrogens with zero attached hydrogens (tertiary/aromatic N) is 1. The maximum atomic E-state index is 12.9. The van der Waals surface area contributed by atoms with Crippen LogP contribution in [0.5, 0.6) is 17.2 Å². The van der Waals surface area contributed by atoms with Crippen LogP contribution < -0.4 is 25.0 Å². The lowest BCUT2D eigenvalue weighted by Gasteiger charge is -2.14. The molecule has 0 spiro atoms. The van der Waals surface area contributed by atoms with E-state index in [1.807, 2.05) is 39.0 Å². The fourth-order valence-electron chi connectivity index (χ4n) is 4.07. The van der Waals surface area contributed by atoms with Gasteiger partial charge in [0.2, 0.25) is 0 Å². The third-order valence-electron chi connectivity index (χ3n) is 6.55. The molecule has 1 aromatic heterocycles. The number of carbonyl (C=O) groups is 3. The minimum Gasteiger partial charge on any atom is -0.490 e. The summed E-state index contributed by atoms with van der Waals surface area (Å²) in [6, 6.07) is 11.8. The summed E-state index contributed by atoms with van der Waals surface area (Å²) in [7, 11) is 0. The lowest BCUT2D eigenvalue weighted by Crippen LogP contribution is -2.33. The second-order valence-corrected chi connectivity index (χ2v) is 11.1. The lowest BCUT2D eigenvalue weighted by molar-refractivity contribution is -0.127. The van der Waals surface area contributed by atoms with Crippen molar-refractivity contribution in [3.8, 4) is 17.2 Å². The molecular weight excluding hydrogens is 582 g/mol. The number of hydrogen-bond donors (Lipinski definition) is 2. The van der Waals surface area contributed by atoms with Gasteiger partial charge >= 0.3 is 5.97 Å². The summed E-state index contributed by atoms with van der Waals surface area (Å²) < 4.78 is 22.5. The van der Waals surface area contributed by atoms with Crippen molar-refractivity contribution >= 4 is 40.3 Å². The minimum atomic E-state index is -0.853. The largest absolute Gasteiger partial charge is 0.490 e. The molecule has 11 heteroatoms. The number of anilines is 1. The Balaban J connectivity index is 1.55. The monoisotopic (exact) mass is 623 g/mol. The van der Waals surface area contributed by atoms with E-state index in [1.54, 1.807) is 38.1 Å². The summed E-state index contributed by atoms with van der Waals surface area (Å²) in [5.41, 5.74) is 4.73. The molecule has 0 aliphatic heterocycles. The summed E-state index contributed by atoms with van der Waals surface area (Å²) in [5.74, 6) is 0.395. The molecule has 0 unspecified atom stereocenters. The van der Waals surface area contributed by atoms with Crippen LogP contribution in [0.15, 0.2) is 47.6 Å². The predicted molar refractivity (Wildman–Crippen MR) is 173 cm³/mol.